The zero-order valence-electron chi connectivity index (χ0n) is 6.53. The van der Waals surface area contributed by atoms with Gasteiger partial charge in [0.05, 0.1) is 12.7 Å². The Kier molecular flexibility index (Phi) is 3.79. The van der Waals surface area contributed by atoms with Crippen LogP contribution in [0.1, 0.15) is 12.8 Å². The van der Waals surface area contributed by atoms with Crippen molar-refractivity contribution >= 4 is 0 Å². The summed E-state index contributed by atoms with van der Waals surface area (Å²) in [6.07, 6.45) is 1.32. The monoisotopic (exact) mass is 161 g/mol. The second-order valence-electron chi connectivity index (χ2n) is 2.61. The molecule has 0 aromatic rings. The van der Waals surface area contributed by atoms with Crippen molar-refractivity contribution in [3.05, 3.63) is 0 Å². The van der Waals surface area contributed by atoms with Gasteiger partial charge in [-0.1, -0.05) is 0 Å². The lowest BCUT2D eigenvalue weighted by molar-refractivity contribution is -0.0697. The van der Waals surface area contributed by atoms with Gasteiger partial charge in [-0.15, -0.1) is 0 Å². The molecule has 0 aromatic carbocycles. The zero-order chi connectivity index (χ0) is 8.10. The van der Waals surface area contributed by atoms with Crippen molar-refractivity contribution in [2.24, 2.45) is 5.73 Å². The molecule has 3 N–H and O–H groups in total. The van der Waals surface area contributed by atoms with E-state index in [2.05, 4.69) is 0 Å². The van der Waals surface area contributed by atoms with Crippen LogP contribution in [0.5, 0.6) is 0 Å². The Morgan fingerprint density at radius 3 is 2.91 bits per heavy atom. The summed E-state index contributed by atoms with van der Waals surface area (Å²) in [4.78, 5) is 0. The molecule has 2 unspecified atom stereocenters. The summed E-state index contributed by atoms with van der Waals surface area (Å²) in [7, 11) is 0. The highest BCUT2D eigenvalue weighted by Gasteiger charge is 2.24. The second-order valence-corrected chi connectivity index (χ2v) is 2.61. The maximum absolute atomic E-state index is 8.56. The molecule has 0 radical (unpaired) electrons. The van der Waals surface area contributed by atoms with Gasteiger partial charge in [0.1, 0.15) is 0 Å². The van der Waals surface area contributed by atoms with Crippen LogP contribution < -0.4 is 5.73 Å². The molecule has 2 atom stereocenters. The zero-order valence-corrected chi connectivity index (χ0v) is 6.53. The molecule has 4 heteroatoms. The summed E-state index contributed by atoms with van der Waals surface area (Å²) >= 11 is 0. The van der Waals surface area contributed by atoms with Crippen molar-refractivity contribution in [1.29, 1.82) is 0 Å². The summed E-state index contributed by atoms with van der Waals surface area (Å²) in [5.74, 6) is 0. The number of rotatable bonds is 4. The van der Waals surface area contributed by atoms with Crippen molar-refractivity contribution < 1.29 is 14.6 Å². The minimum Gasteiger partial charge on any atom is -0.396 e. The molecule has 0 bridgehead atoms. The van der Waals surface area contributed by atoms with Gasteiger partial charge in [0.25, 0.3) is 0 Å². The minimum atomic E-state index is -0.212. The number of ether oxygens (including phenoxy) is 2. The number of nitrogens with two attached hydrogens (primary N) is 1. The van der Waals surface area contributed by atoms with E-state index in [0.29, 0.717) is 19.6 Å². The van der Waals surface area contributed by atoms with E-state index in [1.165, 1.54) is 0 Å². The number of aliphatic hydroxyl groups is 1. The Morgan fingerprint density at radius 1 is 1.45 bits per heavy atom. The van der Waals surface area contributed by atoms with Crippen molar-refractivity contribution in [2.75, 3.05) is 19.8 Å². The molecular weight excluding hydrogens is 146 g/mol. The smallest absolute Gasteiger partial charge is 0.160 e. The molecule has 4 nitrogen and oxygen atoms in total. The molecule has 66 valence electrons. The fourth-order valence-electron chi connectivity index (χ4n) is 1.10. The van der Waals surface area contributed by atoms with Crippen LogP contribution in [0.15, 0.2) is 0 Å². The highest BCUT2D eigenvalue weighted by Crippen LogP contribution is 2.15. The van der Waals surface area contributed by atoms with Crippen LogP contribution in [0.2, 0.25) is 0 Å². The molecule has 0 amide bonds. The van der Waals surface area contributed by atoms with Crippen LogP contribution in [0.25, 0.3) is 0 Å². The maximum atomic E-state index is 8.56. The number of hydrogen-bond donors (Lipinski definition) is 2. The SMILES string of the molecule is NCCC1COC(CCO)O1. The van der Waals surface area contributed by atoms with Gasteiger partial charge in [-0.25, -0.2) is 0 Å². The summed E-state index contributed by atoms with van der Waals surface area (Å²) in [6, 6.07) is 0. The first-order valence-corrected chi connectivity index (χ1v) is 3.95. The molecule has 0 aliphatic carbocycles. The molecule has 1 rings (SSSR count). The molecule has 1 aliphatic rings. The van der Waals surface area contributed by atoms with E-state index in [0.717, 1.165) is 6.42 Å². The van der Waals surface area contributed by atoms with Crippen molar-refractivity contribution in [3.8, 4) is 0 Å². The van der Waals surface area contributed by atoms with Gasteiger partial charge < -0.3 is 20.3 Å². The molecule has 0 aromatic heterocycles. The standard InChI is InChI=1S/C7H15NO3/c8-3-1-6-5-10-7(11-6)2-4-9/h6-7,9H,1-5,8H2. The van der Waals surface area contributed by atoms with Crippen molar-refractivity contribution in [3.63, 3.8) is 0 Å². The molecule has 11 heavy (non-hydrogen) atoms. The molecular formula is C7H15NO3. The van der Waals surface area contributed by atoms with E-state index in [1.54, 1.807) is 0 Å². The van der Waals surface area contributed by atoms with Crippen LogP contribution in [-0.2, 0) is 9.47 Å². The first-order valence-electron chi connectivity index (χ1n) is 3.95. The van der Waals surface area contributed by atoms with Crippen LogP contribution in [0, 0.1) is 0 Å². The van der Waals surface area contributed by atoms with Crippen LogP contribution >= 0.6 is 0 Å². The molecule has 1 heterocycles. The molecule has 1 aliphatic heterocycles. The lowest BCUT2D eigenvalue weighted by Crippen LogP contribution is -2.17. The third-order valence-electron chi connectivity index (χ3n) is 1.67. The molecule has 1 fully saturated rings. The van der Waals surface area contributed by atoms with E-state index < -0.39 is 0 Å². The Morgan fingerprint density at radius 2 is 2.27 bits per heavy atom. The second kappa shape index (κ2) is 4.66. The van der Waals surface area contributed by atoms with E-state index in [9.17, 15) is 0 Å². The van der Waals surface area contributed by atoms with Crippen LogP contribution in [0.4, 0.5) is 0 Å². The average molecular weight is 161 g/mol. The van der Waals surface area contributed by atoms with E-state index in [4.69, 9.17) is 20.3 Å². The average Bonchev–Trinajstić information content (AvgIpc) is 2.38. The van der Waals surface area contributed by atoms with Gasteiger partial charge in [-0.3, -0.25) is 0 Å². The first-order chi connectivity index (χ1) is 5.36. The summed E-state index contributed by atoms with van der Waals surface area (Å²) in [5.41, 5.74) is 5.34. The minimum absolute atomic E-state index is 0.111. The third kappa shape index (κ3) is 2.75. The Balaban J connectivity index is 2.12. The normalized spacial score (nSPS) is 31.1. The molecule has 0 spiro atoms. The lowest BCUT2D eigenvalue weighted by Gasteiger charge is -2.08. The summed E-state index contributed by atoms with van der Waals surface area (Å²) < 4.78 is 10.6. The Labute approximate surface area is 66.3 Å². The van der Waals surface area contributed by atoms with Gasteiger partial charge in [-0.05, 0) is 13.0 Å². The summed E-state index contributed by atoms with van der Waals surface area (Å²) in [6.45, 7) is 1.35. The number of hydrogen-bond acceptors (Lipinski definition) is 4. The maximum Gasteiger partial charge on any atom is 0.160 e. The fraction of sp³-hybridized carbons (Fsp3) is 1.00. The third-order valence-corrected chi connectivity index (χ3v) is 1.67. The van der Waals surface area contributed by atoms with E-state index in [1.807, 2.05) is 0 Å². The van der Waals surface area contributed by atoms with Gasteiger partial charge in [0, 0.05) is 13.0 Å². The van der Waals surface area contributed by atoms with Crippen molar-refractivity contribution in [2.45, 2.75) is 25.2 Å². The van der Waals surface area contributed by atoms with Crippen LogP contribution in [0.3, 0.4) is 0 Å². The van der Waals surface area contributed by atoms with Gasteiger partial charge in [0.2, 0.25) is 0 Å². The topological polar surface area (TPSA) is 64.7 Å². The Hall–Kier alpha value is -0.160. The van der Waals surface area contributed by atoms with Gasteiger partial charge >= 0.3 is 0 Å². The molecule has 1 saturated heterocycles. The van der Waals surface area contributed by atoms with Crippen LogP contribution in [-0.4, -0.2) is 37.3 Å². The number of aliphatic hydroxyl groups excluding tert-OH is 1. The van der Waals surface area contributed by atoms with Crippen molar-refractivity contribution in [1.82, 2.24) is 0 Å². The lowest BCUT2D eigenvalue weighted by atomic mass is 10.3. The fourth-order valence-corrected chi connectivity index (χ4v) is 1.10. The predicted octanol–water partition coefficient (Wildman–Crippen LogP) is -0.541. The quantitative estimate of drug-likeness (QED) is 0.581. The summed E-state index contributed by atoms with van der Waals surface area (Å²) in [5, 5.41) is 8.56. The molecule has 0 saturated carbocycles. The highest BCUT2D eigenvalue weighted by atomic mass is 16.7. The van der Waals surface area contributed by atoms with Gasteiger partial charge in [-0.2, -0.15) is 0 Å². The van der Waals surface area contributed by atoms with E-state index >= 15 is 0 Å². The van der Waals surface area contributed by atoms with Gasteiger partial charge in [0.15, 0.2) is 6.29 Å². The highest BCUT2D eigenvalue weighted by molar-refractivity contribution is 4.65. The Bertz CT molecular complexity index is 97.9. The largest absolute Gasteiger partial charge is 0.396 e. The first kappa shape index (κ1) is 8.93. The predicted molar refractivity (Wildman–Crippen MR) is 40.0 cm³/mol. The van der Waals surface area contributed by atoms with E-state index in [-0.39, 0.29) is 19.0 Å².